The number of oxime groups is 1. The summed E-state index contributed by atoms with van der Waals surface area (Å²) in [6, 6.07) is 17.4. The Hall–Kier alpha value is -2.04. The second kappa shape index (κ2) is 7.67. The first-order chi connectivity index (χ1) is 10.2. The van der Waals surface area contributed by atoms with Crippen LogP contribution in [-0.4, -0.2) is 17.6 Å². The molecule has 0 bridgehead atoms. The van der Waals surface area contributed by atoms with E-state index in [0.29, 0.717) is 13.1 Å². The van der Waals surface area contributed by atoms with Gasteiger partial charge >= 0.3 is 0 Å². The molecule has 0 amide bonds. The fourth-order valence-corrected chi connectivity index (χ4v) is 2.34. The largest absolute Gasteiger partial charge is 0.409 e. The second-order valence-corrected chi connectivity index (χ2v) is 5.12. The topological polar surface area (TPSA) is 70.6 Å². The molecule has 5 heteroatoms. The van der Waals surface area contributed by atoms with Gasteiger partial charge in [-0.05, 0) is 17.2 Å². The molecule has 0 radical (unpaired) electrons. The van der Waals surface area contributed by atoms with Gasteiger partial charge in [-0.15, -0.1) is 0 Å². The van der Waals surface area contributed by atoms with Crippen LogP contribution < -0.4 is 11.1 Å². The van der Waals surface area contributed by atoms with E-state index in [1.165, 1.54) is 0 Å². The molecule has 2 aromatic carbocycles. The normalized spacial score (nSPS) is 13.1. The number of nitrogens with one attached hydrogen (secondary N) is 1. The van der Waals surface area contributed by atoms with E-state index in [1.807, 2.05) is 54.6 Å². The van der Waals surface area contributed by atoms with Gasteiger partial charge in [0.1, 0.15) is 5.84 Å². The van der Waals surface area contributed by atoms with E-state index in [-0.39, 0.29) is 11.8 Å². The van der Waals surface area contributed by atoms with E-state index in [1.54, 1.807) is 0 Å². The summed E-state index contributed by atoms with van der Waals surface area (Å²) in [7, 11) is 0. The number of nitrogens with zero attached hydrogens (tertiary/aromatic N) is 1. The lowest BCUT2D eigenvalue weighted by atomic mass is 9.98. The molecular weight excluding hydrogens is 286 g/mol. The number of nitrogens with two attached hydrogens (primary N) is 1. The van der Waals surface area contributed by atoms with E-state index in [2.05, 4.69) is 10.5 Å². The minimum atomic E-state index is -0.182. The molecule has 1 atom stereocenters. The molecule has 0 aliphatic rings. The molecule has 0 saturated carbocycles. The third-order valence-corrected chi connectivity index (χ3v) is 3.66. The zero-order valence-corrected chi connectivity index (χ0v) is 12.3. The maximum Gasteiger partial charge on any atom is 0.147 e. The van der Waals surface area contributed by atoms with Crippen LogP contribution in [0.5, 0.6) is 0 Å². The van der Waals surface area contributed by atoms with Gasteiger partial charge in [0.05, 0.1) is 5.92 Å². The average Bonchev–Trinajstić information content (AvgIpc) is 2.53. The van der Waals surface area contributed by atoms with Gasteiger partial charge in [0.15, 0.2) is 0 Å². The van der Waals surface area contributed by atoms with E-state index >= 15 is 0 Å². The fourth-order valence-electron chi connectivity index (χ4n) is 2.14. The van der Waals surface area contributed by atoms with Crippen LogP contribution >= 0.6 is 11.6 Å². The van der Waals surface area contributed by atoms with Crippen molar-refractivity contribution in [3.63, 3.8) is 0 Å². The molecule has 0 saturated heterocycles. The number of amidine groups is 1. The van der Waals surface area contributed by atoms with Crippen molar-refractivity contribution in [2.24, 2.45) is 10.9 Å². The zero-order chi connectivity index (χ0) is 15.1. The van der Waals surface area contributed by atoms with Gasteiger partial charge < -0.3 is 16.3 Å². The Balaban J connectivity index is 2.02. The summed E-state index contributed by atoms with van der Waals surface area (Å²) >= 11 is 6.12. The number of halogens is 1. The molecule has 0 aliphatic heterocycles. The number of rotatable bonds is 6. The maximum absolute atomic E-state index is 8.94. The number of benzene rings is 2. The third-order valence-electron chi connectivity index (χ3n) is 3.30. The molecule has 2 rings (SSSR count). The lowest BCUT2D eigenvalue weighted by Crippen LogP contribution is -2.31. The Bertz CT molecular complexity index is 601. The second-order valence-electron chi connectivity index (χ2n) is 4.71. The van der Waals surface area contributed by atoms with Crippen LogP contribution in [0, 0.1) is 0 Å². The Morgan fingerprint density at radius 1 is 1.14 bits per heavy atom. The highest BCUT2D eigenvalue weighted by Crippen LogP contribution is 2.17. The summed E-state index contributed by atoms with van der Waals surface area (Å²) in [6.45, 7) is 1.19. The van der Waals surface area contributed by atoms with Crippen LogP contribution in [-0.2, 0) is 6.54 Å². The summed E-state index contributed by atoms with van der Waals surface area (Å²) < 4.78 is 0. The van der Waals surface area contributed by atoms with Gasteiger partial charge in [-0.3, -0.25) is 0 Å². The summed E-state index contributed by atoms with van der Waals surface area (Å²) in [5, 5.41) is 16.1. The minimum absolute atomic E-state index is 0.182. The summed E-state index contributed by atoms with van der Waals surface area (Å²) in [5.74, 6) is 0.00606. The van der Waals surface area contributed by atoms with Crippen molar-refractivity contribution in [3.05, 3.63) is 70.7 Å². The summed E-state index contributed by atoms with van der Waals surface area (Å²) in [4.78, 5) is 0. The molecule has 4 N–H and O–H groups in total. The van der Waals surface area contributed by atoms with E-state index < -0.39 is 0 Å². The first-order valence-electron chi connectivity index (χ1n) is 6.69. The van der Waals surface area contributed by atoms with E-state index in [9.17, 15) is 0 Å². The zero-order valence-electron chi connectivity index (χ0n) is 11.5. The van der Waals surface area contributed by atoms with Crippen LogP contribution in [0.4, 0.5) is 0 Å². The van der Waals surface area contributed by atoms with E-state index in [0.717, 1.165) is 16.1 Å². The predicted molar refractivity (Wildman–Crippen MR) is 85.8 cm³/mol. The highest BCUT2D eigenvalue weighted by atomic mass is 35.5. The monoisotopic (exact) mass is 303 g/mol. The molecule has 1 unspecified atom stereocenters. The third kappa shape index (κ3) is 4.21. The highest BCUT2D eigenvalue weighted by molar-refractivity contribution is 6.31. The van der Waals surface area contributed by atoms with Gasteiger partial charge in [0.25, 0.3) is 0 Å². The lowest BCUT2D eigenvalue weighted by Gasteiger charge is -2.17. The van der Waals surface area contributed by atoms with Crippen molar-refractivity contribution in [2.45, 2.75) is 12.5 Å². The Kier molecular flexibility index (Phi) is 5.60. The van der Waals surface area contributed by atoms with Gasteiger partial charge in [0, 0.05) is 18.1 Å². The van der Waals surface area contributed by atoms with Crippen molar-refractivity contribution in [3.8, 4) is 0 Å². The van der Waals surface area contributed by atoms with Crippen LogP contribution in [0.2, 0.25) is 5.02 Å². The molecule has 0 spiro atoms. The Labute approximate surface area is 129 Å². The smallest absolute Gasteiger partial charge is 0.147 e. The van der Waals surface area contributed by atoms with Crippen molar-refractivity contribution >= 4 is 17.4 Å². The summed E-state index contributed by atoms with van der Waals surface area (Å²) in [5.41, 5.74) is 7.81. The molecule has 110 valence electrons. The van der Waals surface area contributed by atoms with Crippen LogP contribution in [0.3, 0.4) is 0 Å². The average molecular weight is 304 g/mol. The molecular formula is C16H18ClN3O. The minimum Gasteiger partial charge on any atom is -0.409 e. The maximum atomic E-state index is 8.94. The number of hydrogen-bond donors (Lipinski definition) is 3. The Morgan fingerprint density at radius 2 is 1.81 bits per heavy atom. The van der Waals surface area contributed by atoms with E-state index in [4.69, 9.17) is 22.5 Å². The van der Waals surface area contributed by atoms with Gasteiger partial charge in [0.2, 0.25) is 0 Å². The molecule has 21 heavy (non-hydrogen) atoms. The molecule has 4 nitrogen and oxygen atoms in total. The van der Waals surface area contributed by atoms with Crippen molar-refractivity contribution in [1.29, 1.82) is 0 Å². The highest BCUT2D eigenvalue weighted by Gasteiger charge is 2.16. The molecule has 0 fully saturated rings. The van der Waals surface area contributed by atoms with Gasteiger partial charge in [-0.1, -0.05) is 65.3 Å². The number of hydrogen-bond acceptors (Lipinski definition) is 3. The SMILES string of the molecule is NC(=NO)C(CNCc1ccccc1Cl)c1ccccc1. The molecule has 0 aliphatic carbocycles. The van der Waals surface area contributed by atoms with Crippen LogP contribution in [0.1, 0.15) is 17.0 Å². The first-order valence-corrected chi connectivity index (χ1v) is 7.06. The van der Waals surface area contributed by atoms with Gasteiger partial charge in [-0.2, -0.15) is 0 Å². The fraction of sp³-hybridized carbons (Fsp3) is 0.188. The van der Waals surface area contributed by atoms with Crippen molar-refractivity contribution in [1.82, 2.24) is 5.32 Å². The quantitative estimate of drug-likeness (QED) is 0.332. The molecule has 2 aromatic rings. The van der Waals surface area contributed by atoms with Crippen molar-refractivity contribution in [2.75, 3.05) is 6.54 Å². The standard InChI is InChI=1S/C16H18ClN3O/c17-15-9-5-4-8-13(15)10-19-11-14(16(18)20-21)12-6-2-1-3-7-12/h1-9,14,19,21H,10-11H2,(H2,18,20). The lowest BCUT2D eigenvalue weighted by molar-refractivity contribution is 0.315. The summed E-state index contributed by atoms with van der Waals surface area (Å²) in [6.07, 6.45) is 0. The molecule has 0 aromatic heterocycles. The molecule has 0 heterocycles. The van der Waals surface area contributed by atoms with Gasteiger partial charge in [-0.25, -0.2) is 0 Å². The van der Waals surface area contributed by atoms with Crippen LogP contribution in [0.25, 0.3) is 0 Å². The van der Waals surface area contributed by atoms with Crippen molar-refractivity contribution < 1.29 is 5.21 Å². The first kappa shape index (κ1) is 15.4. The van der Waals surface area contributed by atoms with Crippen LogP contribution in [0.15, 0.2) is 59.8 Å². The predicted octanol–water partition coefficient (Wildman–Crippen LogP) is 2.96. The Morgan fingerprint density at radius 3 is 2.48 bits per heavy atom.